The molecule has 0 heterocycles. The molecule has 2 saturated carbocycles. The van der Waals surface area contributed by atoms with E-state index in [1.54, 1.807) is 0 Å². The molecule has 2 aliphatic rings. The van der Waals surface area contributed by atoms with E-state index in [1.807, 2.05) is 6.92 Å². The van der Waals surface area contributed by atoms with Gasteiger partial charge in [0.15, 0.2) is 0 Å². The third kappa shape index (κ3) is 4.68. The largest absolute Gasteiger partial charge is 0.417 e. The highest BCUT2D eigenvalue weighted by atomic mass is 32.2. The molecule has 2 aliphatic carbocycles. The van der Waals surface area contributed by atoms with Crippen LogP contribution in [0.4, 0.5) is 18.9 Å². The van der Waals surface area contributed by atoms with Crippen molar-refractivity contribution in [1.82, 2.24) is 4.72 Å². The van der Waals surface area contributed by atoms with E-state index in [0.29, 0.717) is 17.8 Å². The number of carbonyl (C=O) groups is 1. The van der Waals surface area contributed by atoms with Crippen molar-refractivity contribution in [3.63, 3.8) is 0 Å². The molecule has 5 nitrogen and oxygen atoms in total. The number of nitrogens with one attached hydrogen (secondary N) is 2. The smallest absolute Gasteiger partial charge is 0.322 e. The molecule has 4 atom stereocenters. The van der Waals surface area contributed by atoms with Crippen LogP contribution >= 0.6 is 0 Å². The highest BCUT2D eigenvalue weighted by Crippen LogP contribution is 2.49. The summed E-state index contributed by atoms with van der Waals surface area (Å²) in [6.45, 7) is 1.90. The second-order valence-corrected chi connectivity index (χ2v) is 10.5. The lowest BCUT2D eigenvalue weighted by Gasteiger charge is -2.28. The summed E-state index contributed by atoms with van der Waals surface area (Å²) < 4.78 is 67.8. The van der Waals surface area contributed by atoms with E-state index in [1.165, 1.54) is 49.2 Å². The number of hydrogen-bond donors (Lipinski definition) is 2. The summed E-state index contributed by atoms with van der Waals surface area (Å²) in [5, 5.41) is 2.40. The number of fused-ring (bicyclic) bond motifs is 2. The lowest BCUT2D eigenvalue weighted by molar-refractivity contribution is -0.137. The molecule has 0 saturated heterocycles. The first-order valence-electron chi connectivity index (χ1n) is 10.6. The molecule has 1 amide bonds. The zero-order chi connectivity index (χ0) is 23.1. The van der Waals surface area contributed by atoms with Crippen molar-refractivity contribution in [2.24, 2.45) is 17.8 Å². The molecule has 4 unspecified atom stereocenters. The molecular formula is C23H25F3N2O3S. The van der Waals surface area contributed by atoms with Crippen molar-refractivity contribution >= 4 is 21.6 Å². The van der Waals surface area contributed by atoms with Crippen LogP contribution < -0.4 is 10.0 Å². The molecule has 0 aromatic heterocycles. The van der Waals surface area contributed by atoms with E-state index in [9.17, 15) is 26.4 Å². The summed E-state index contributed by atoms with van der Waals surface area (Å²) in [4.78, 5) is 12.4. The maximum atomic E-state index is 13.1. The van der Waals surface area contributed by atoms with Gasteiger partial charge < -0.3 is 5.32 Å². The van der Waals surface area contributed by atoms with E-state index in [4.69, 9.17) is 0 Å². The summed E-state index contributed by atoms with van der Waals surface area (Å²) in [6.07, 6.45) is -0.0249. The van der Waals surface area contributed by atoms with Crippen molar-refractivity contribution < 1.29 is 26.4 Å². The Hall–Kier alpha value is -2.39. The first kappa shape index (κ1) is 22.8. The lowest BCUT2D eigenvalue weighted by atomic mass is 9.84. The predicted molar refractivity (Wildman–Crippen MR) is 115 cm³/mol. The molecule has 2 aromatic carbocycles. The molecule has 32 heavy (non-hydrogen) atoms. The number of hydrogen-bond acceptors (Lipinski definition) is 3. The van der Waals surface area contributed by atoms with Gasteiger partial charge in [0, 0.05) is 11.7 Å². The first-order valence-corrected chi connectivity index (χ1v) is 12.1. The molecule has 2 aromatic rings. The van der Waals surface area contributed by atoms with E-state index in [0.717, 1.165) is 25.0 Å². The number of halogens is 3. The first-order chi connectivity index (χ1) is 15.0. The van der Waals surface area contributed by atoms with E-state index in [2.05, 4.69) is 10.0 Å². The number of amides is 1. The molecular weight excluding hydrogens is 441 g/mol. The Labute approximate surface area is 185 Å². The number of alkyl halides is 3. The lowest BCUT2D eigenvalue weighted by Crippen LogP contribution is -2.40. The van der Waals surface area contributed by atoms with Crippen molar-refractivity contribution in [1.29, 1.82) is 0 Å². The fourth-order valence-electron chi connectivity index (χ4n) is 5.15. The summed E-state index contributed by atoms with van der Waals surface area (Å²) in [5.41, 5.74) is -1.33. The standard InChI is InChI=1S/C23H25F3N2O3S/c1-14(20-13-15-6-7-16(20)12-15)28-32(30,31)18-10-8-17(9-11-18)27-22(29)19-4-2-3-5-21(19)23(24,25)26/h2-5,8-11,14-16,20,28H,6-7,12-13H2,1H3,(H,27,29). The zero-order valence-electron chi connectivity index (χ0n) is 17.5. The van der Waals surface area contributed by atoms with Crippen molar-refractivity contribution in [2.75, 3.05) is 5.32 Å². The average molecular weight is 467 g/mol. The van der Waals surface area contributed by atoms with Crippen LogP contribution in [-0.4, -0.2) is 20.4 Å². The summed E-state index contributed by atoms with van der Waals surface area (Å²) >= 11 is 0. The van der Waals surface area contributed by atoms with Gasteiger partial charge in [-0.1, -0.05) is 18.6 Å². The van der Waals surface area contributed by atoms with Gasteiger partial charge in [-0.3, -0.25) is 4.79 Å². The summed E-state index contributed by atoms with van der Waals surface area (Å²) in [5.74, 6) is 0.713. The molecule has 2 N–H and O–H groups in total. The minimum Gasteiger partial charge on any atom is -0.322 e. The molecule has 0 spiro atoms. The molecule has 172 valence electrons. The van der Waals surface area contributed by atoms with Crippen LogP contribution in [0.3, 0.4) is 0 Å². The number of sulfonamides is 1. The van der Waals surface area contributed by atoms with Gasteiger partial charge in [0.25, 0.3) is 5.91 Å². The maximum Gasteiger partial charge on any atom is 0.417 e. The Balaban J connectivity index is 1.43. The number of anilines is 1. The summed E-state index contributed by atoms with van der Waals surface area (Å²) in [7, 11) is -3.75. The highest BCUT2D eigenvalue weighted by Gasteiger charge is 2.42. The van der Waals surface area contributed by atoms with E-state index >= 15 is 0 Å². The van der Waals surface area contributed by atoms with Crippen LogP contribution in [0.2, 0.25) is 0 Å². The van der Waals surface area contributed by atoms with Gasteiger partial charge in [-0.15, -0.1) is 0 Å². The second-order valence-electron chi connectivity index (χ2n) is 8.77. The van der Waals surface area contributed by atoms with Gasteiger partial charge in [-0.05, 0) is 80.3 Å². The Morgan fingerprint density at radius 2 is 1.72 bits per heavy atom. The molecule has 2 fully saturated rings. The fraction of sp³-hybridized carbons (Fsp3) is 0.435. The molecule has 0 radical (unpaired) electrons. The van der Waals surface area contributed by atoms with Gasteiger partial charge >= 0.3 is 6.18 Å². The normalized spacial score (nSPS) is 23.8. The highest BCUT2D eigenvalue weighted by molar-refractivity contribution is 7.89. The maximum absolute atomic E-state index is 13.1. The third-order valence-electron chi connectivity index (χ3n) is 6.68. The van der Waals surface area contributed by atoms with Crippen LogP contribution in [0.5, 0.6) is 0 Å². The second kappa shape index (κ2) is 8.51. The Bertz CT molecular complexity index is 1100. The number of rotatable bonds is 6. The minimum atomic E-state index is -4.66. The van der Waals surface area contributed by atoms with Gasteiger partial charge in [-0.2, -0.15) is 13.2 Å². The summed E-state index contributed by atoms with van der Waals surface area (Å²) in [6, 6.07) is 9.73. The van der Waals surface area contributed by atoms with Crippen LogP contribution in [-0.2, 0) is 16.2 Å². The predicted octanol–water partition coefficient (Wildman–Crippen LogP) is 5.06. The third-order valence-corrected chi connectivity index (χ3v) is 8.25. The van der Waals surface area contributed by atoms with Crippen molar-refractivity contribution in [3.05, 3.63) is 59.7 Å². The van der Waals surface area contributed by atoms with E-state index < -0.39 is 33.2 Å². The van der Waals surface area contributed by atoms with Crippen molar-refractivity contribution in [3.8, 4) is 0 Å². The van der Waals surface area contributed by atoms with Gasteiger partial charge in [-0.25, -0.2) is 13.1 Å². The van der Waals surface area contributed by atoms with Crippen LogP contribution in [0.1, 0.15) is 48.5 Å². The molecule has 0 aliphatic heterocycles. The Kier molecular flexibility index (Phi) is 6.06. The number of carbonyl (C=O) groups excluding carboxylic acids is 1. The monoisotopic (exact) mass is 466 g/mol. The molecule has 2 bridgehead atoms. The topological polar surface area (TPSA) is 75.3 Å². The van der Waals surface area contributed by atoms with Gasteiger partial charge in [0.1, 0.15) is 0 Å². The fourth-order valence-corrected chi connectivity index (χ4v) is 6.45. The quantitative estimate of drug-likeness (QED) is 0.625. The van der Waals surface area contributed by atoms with Crippen LogP contribution in [0.25, 0.3) is 0 Å². The molecule has 4 rings (SSSR count). The Morgan fingerprint density at radius 3 is 2.31 bits per heavy atom. The minimum absolute atomic E-state index is 0.0428. The van der Waals surface area contributed by atoms with Crippen molar-refractivity contribution in [2.45, 2.75) is 49.7 Å². The van der Waals surface area contributed by atoms with Gasteiger partial charge in [0.2, 0.25) is 10.0 Å². The SMILES string of the molecule is CC(NS(=O)(=O)c1ccc(NC(=O)c2ccccc2C(F)(F)F)cc1)C1CC2CCC1C2. The molecule has 9 heteroatoms. The van der Waals surface area contributed by atoms with Gasteiger partial charge in [0.05, 0.1) is 16.0 Å². The number of benzene rings is 2. The zero-order valence-corrected chi connectivity index (χ0v) is 18.3. The Morgan fingerprint density at radius 1 is 1.03 bits per heavy atom. The average Bonchev–Trinajstić information content (AvgIpc) is 3.37. The van der Waals surface area contributed by atoms with Crippen LogP contribution in [0, 0.1) is 17.8 Å². The van der Waals surface area contributed by atoms with Crippen LogP contribution in [0.15, 0.2) is 53.4 Å². The van der Waals surface area contributed by atoms with E-state index in [-0.39, 0.29) is 16.6 Å².